The number of unbranched alkanes of at least 4 members (excludes halogenated alkanes) is 13. The average Bonchev–Trinajstić information content (AvgIpc) is 2.59. The van der Waals surface area contributed by atoms with E-state index in [1.165, 1.54) is 70.6 Å². The van der Waals surface area contributed by atoms with Gasteiger partial charge in [0.15, 0.2) is 0 Å². The SMILES string of the molecule is C=CCCCCCCC(=O)OCCCCCCCCCCCCBr. The molecule has 0 aromatic rings. The fraction of sp³-hybridized carbons (Fsp3) is 0.857. The van der Waals surface area contributed by atoms with Crippen LogP contribution in [0.25, 0.3) is 0 Å². The molecule has 0 heterocycles. The molecule has 0 unspecified atom stereocenters. The van der Waals surface area contributed by atoms with Crippen LogP contribution in [0.5, 0.6) is 0 Å². The molecule has 0 aliphatic carbocycles. The Balaban J connectivity index is 3.12. The van der Waals surface area contributed by atoms with Crippen molar-refractivity contribution in [2.24, 2.45) is 0 Å². The number of carbonyl (C=O) groups excluding carboxylic acids is 1. The number of rotatable bonds is 19. The molecule has 0 aromatic heterocycles. The van der Waals surface area contributed by atoms with Gasteiger partial charge in [-0.2, -0.15) is 0 Å². The van der Waals surface area contributed by atoms with Crippen LogP contribution in [-0.4, -0.2) is 17.9 Å². The van der Waals surface area contributed by atoms with E-state index >= 15 is 0 Å². The van der Waals surface area contributed by atoms with Crippen LogP contribution >= 0.6 is 15.9 Å². The third-order valence-corrected chi connectivity index (χ3v) is 4.89. The number of carbonyl (C=O) groups is 1. The molecular formula is C21H39BrO2. The smallest absolute Gasteiger partial charge is 0.305 e. The van der Waals surface area contributed by atoms with Gasteiger partial charge in [0.25, 0.3) is 0 Å². The van der Waals surface area contributed by atoms with Crippen LogP contribution in [0.4, 0.5) is 0 Å². The number of alkyl halides is 1. The predicted molar refractivity (Wildman–Crippen MR) is 109 cm³/mol. The minimum atomic E-state index is -0.0119. The maximum Gasteiger partial charge on any atom is 0.305 e. The Bertz CT molecular complexity index is 279. The van der Waals surface area contributed by atoms with Gasteiger partial charge in [0.2, 0.25) is 0 Å². The fourth-order valence-corrected chi connectivity index (χ4v) is 3.18. The van der Waals surface area contributed by atoms with E-state index in [1.54, 1.807) is 0 Å². The van der Waals surface area contributed by atoms with Crippen LogP contribution in [0, 0.1) is 0 Å². The Morgan fingerprint density at radius 1 is 0.750 bits per heavy atom. The van der Waals surface area contributed by atoms with Crippen LogP contribution < -0.4 is 0 Å². The molecule has 24 heavy (non-hydrogen) atoms. The molecule has 142 valence electrons. The lowest BCUT2D eigenvalue weighted by Crippen LogP contribution is -2.05. The largest absolute Gasteiger partial charge is 0.466 e. The van der Waals surface area contributed by atoms with Gasteiger partial charge in [0.05, 0.1) is 6.61 Å². The van der Waals surface area contributed by atoms with Crippen molar-refractivity contribution in [3.8, 4) is 0 Å². The standard InChI is InChI=1S/C21H39BrO2/c1-2-3-4-5-12-15-18-21(23)24-20-17-14-11-9-7-6-8-10-13-16-19-22/h2H,1,3-20H2. The van der Waals surface area contributed by atoms with Crippen molar-refractivity contribution in [2.45, 2.75) is 103 Å². The summed E-state index contributed by atoms with van der Waals surface area (Å²) in [7, 11) is 0. The summed E-state index contributed by atoms with van der Waals surface area (Å²) in [6, 6.07) is 0. The monoisotopic (exact) mass is 402 g/mol. The Morgan fingerprint density at radius 2 is 1.25 bits per heavy atom. The molecule has 0 rings (SSSR count). The lowest BCUT2D eigenvalue weighted by Gasteiger charge is -2.05. The molecule has 0 saturated heterocycles. The summed E-state index contributed by atoms with van der Waals surface area (Å²) in [5.41, 5.74) is 0. The van der Waals surface area contributed by atoms with E-state index in [9.17, 15) is 4.79 Å². The summed E-state index contributed by atoms with van der Waals surface area (Å²) in [5, 5.41) is 1.15. The second kappa shape index (κ2) is 20.7. The first kappa shape index (κ1) is 23.7. The molecule has 0 aliphatic heterocycles. The number of ether oxygens (including phenoxy) is 1. The molecule has 0 fully saturated rings. The first-order valence-electron chi connectivity index (χ1n) is 10.1. The van der Waals surface area contributed by atoms with Crippen molar-refractivity contribution in [2.75, 3.05) is 11.9 Å². The van der Waals surface area contributed by atoms with Crippen molar-refractivity contribution in [1.29, 1.82) is 0 Å². The van der Waals surface area contributed by atoms with Gasteiger partial charge in [-0.05, 0) is 32.1 Å². The van der Waals surface area contributed by atoms with E-state index in [0.29, 0.717) is 13.0 Å². The molecule has 0 radical (unpaired) electrons. The highest BCUT2D eigenvalue weighted by Gasteiger charge is 2.02. The highest BCUT2D eigenvalue weighted by molar-refractivity contribution is 9.09. The van der Waals surface area contributed by atoms with Crippen LogP contribution in [0.3, 0.4) is 0 Å². The topological polar surface area (TPSA) is 26.3 Å². The van der Waals surface area contributed by atoms with Crippen LogP contribution in [0.15, 0.2) is 12.7 Å². The number of allylic oxidation sites excluding steroid dienone is 1. The van der Waals surface area contributed by atoms with Crippen LogP contribution in [0.1, 0.15) is 103 Å². The van der Waals surface area contributed by atoms with E-state index in [0.717, 1.165) is 31.0 Å². The molecule has 2 nitrogen and oxygen atoms in total. The summed E-state index contributed by atoms with van der Waals surface area (Å²) in [6.45, 7) is 4.33. The van der Waals surface area contributed by atoms with Gasteiger partial charge < -0.3 is 4.74 Å². The highest BCUT2D eigenvalue weighted by atomic mass is 79.9. The maximum absolute atomic E-state index is 11.6. The zero-order valence-corrected chi connectivity index (χ0v) is 17.3. The number of hydrogen-bond acceptors (Lipinski definition) is 2. The lowest BCUT2D eigenvalue weighted by molar-refractivity contribution is -0.143. The minimum absolute atomic E-state index is 0.0119. The zero-order valence-electron chi connectivity index (χ0n) is 15.7. The summed E-state index contributed by atoms with van der Waals surface area (Å²) < 4.78 is 5.29. The van der Waals surface area contributed by atoms with Gasteiger partial charge in [-0.15, -0.1) is 6.58 Å². The molecule has 0 spiro atoms. The Hall–Kier alpha value is -0.310. The van der Waals surface area contributed by atoms with Crippen molar-refractivity contribution in [3.05, 3.63) is 12.7 Å². The molecule has 0 atom stereocenters. The van der Waals surface area contributed by atoms with E-state index in [1.807, 2.05) is 6.08 Å². The molecule has 3 heteroatoms. The average molecular weight is 403 g/mol. The van der Waals surface area contributed by atoms with Gasteiger partial charge in [-0.25, -0.2) is 0 Å². The molecule has 0 aliphatic rings. The zero-order chi connectivity index (χ0) is 17.7. The molecule has 0 bridgehead atoms. The molecule has 0 N–H and O–H groups in total. The quantitative estimate of drug-likeness (QED) is 0.0975. The maximum atomic E-state index is 11.6. The van der Waals surface area contributed by atoms with E-state index < -0.39 is 0 Å². The van der Waals surface area contributed by atoms with Gasteiger partial charge >= 0.3 is 5.97 Å². The number of halogens is 1. The Kier molecular flexibility index (Phi) is 20.5. The first-order chi connectivity index (χ1) is 11.8. The van der Waals surface area contributed by atoms with Gasteiger partial charge in [0, 0.05) is 11.8 Å². The van der Waals surface area contributed by atoms with Gasteiger partial charge in [-0.1, -0.05) is 86.2 Å². The molecule has 0 aromatic carbocycles. The van der Waals surface area contributed by atoms with Crippen molar-refractivity contribution >= 4 is 21.9 Å². The lowest BCUT2D eigenvalue weighted by atomic mass is 10.1. The summed E-state index contributed by atoms with van der Waals surface area (Å²) in [6.07, 6.45) is 21.1. The van der Waals surface area contributed by atoms with Crippen molar-refractivity contribution < 1.29 is 9.53 Å². The molecule has 0 amide bonds. The van der Waals surface area contributed by atoms with E-state index in [4.69, 9.17) is 4.74 Å². The number of hydrogen-bond donors (Lipinski definition) is 0. The van der Waals surface area contributed by atoms with Crippen molar-refractivity contribution in [1.82, 2.24) is 0 Å². The van der Waals surface area contributed by atoms with Gasteiger partial charge in [-0.3, -0.25) is 4.79 Å². The molecular weight excluding hydrogens is 364 g/mol. The van der Waals surface area contributed by atoms with E-state index in [-0.39, 0.29) is 5.97 Å². The Labute approximate surface area is 158 Å². The Morgan fingerprint density at radius 3 is 1.83 bits per heavy atom. The second-order valence-electron chi connectivity index (χ2n) is 6.69. The van der Waals surface area contributed by atoms with Crippen molar-refractivity contribution in [3.63, 3.8) is 0 Å². The predicted octanol–water partition coefficient (Wildman–Crippen LogP) is 7.35. The normalized spacial score (nSPS) is 10.7. The molecule has 0 saturated carbocycles. The second-order valence-corrected chi connectivity index (χ2v) is 7.48. The fourth-order valence-electron chi connectivity index (χ4n) is 2.78. The van der Waals surface area contributed by atoms with Gasteiger partial charge in [0.1, 0.15) is 0 Å². The first-order valence-corrected chi connectivity index (χ1v) is 11.3. The third-order valence-electron chi connectivity index (χ3n) is 4.33. The van der Waals surface area contributed by atoms with Crippen LogP contribution in [0.2, 0.25) is 0 Å². The summed E-state index contributed by atoms with van der Waals surface area (Å²) >= 11 is 3.47. The minimum Gasteiger partial charge on any atom is -0.466 e. The third kappa shape index (κ3) is 19.7. The summed E-state index contributed by atoms with van der Waals surface area (Å²) in [4.78, 5) is 11.6. The number of esters is 1. The highest BCUT2D eigenvalue weighted by Crippen LogP contribution is 2.11. The summed E-state index contributed by atoms with van der Waals surface area (Å²) in [5.74, 6) is -0.0119. The van der Waals surface area contributed by atoms with Crippen LogP contribution in [-0.2, 0) is 9.53 Å². The van der Waals surface area contributed by atoms with E-state index in [2.05, 4.69) is 22.5 Å².